The number of benzene rings is 7. The van der Waals surface area contributed by atoms with Gasteiger partial charge in [-0.2, -0.15) is 0 Å². The molecule has 1 unspecified atom stereocenters. The number of rotatable bonds is 9. The Morgan fingerprint density at radius 3 is 2.07 bits per heavy atom. The molecule has 0 saturated carbocycles. The second-order valence-corrected chi connectivity index (χ2v) is 16.1. The fraction of sp³-hybridized carbons (Fsp3) is 0.107. The van der Waals surface area contributed by atoms with Crippen LogP contribution in [-0.2, 0) is 0 Å². The summed E-state index contributed by atoms with van der Waals surface area (Å²) >= 11 is 0. The summed E-state index contributed by atoms with van der Waals surface area (Å²) in [5, 5.41) is 2.11. The molecular weight excluding hydrogens is 745 g/mol. The molecular formula is C56H46N4O. The Hall–Kier alpha value is -7.50. The van der Waals surface area contributed by atoms with Gasteiger partial charge in [0.1, 0.15) is 17.3 Å². The highest BCUT2D eigenvalue weighted by molar-refractivity contribution is 6.10. The molecule has 10 aromatic rings. The van der Waals surface area contributed by atoms with Gasteiger partial charge in [-0.25, -0.2) is 4.98 Å². The van der Waals surface area contributed by atoms with Gasteiger partial charge in [-0.15, -0.1) is 0 Å². The first-order valence-corrected chi connectivity index (χ1v) is 20.1. The summed E-state index contributed by atoms with van der Waals surface area (Å²) in [6.07, 6.45) is 8.50. The van der Waals surface area contributed by atoms with Crippen LogP contribution in [0.1, 0.15) is 52.9 Å². The number of ether oxygens (including phenoxy) is 1. The first-order chi connectivity index (χ1) is 33.9. The molecule has 0 aliphatic heterocycles. The van der Waals surface area contributed by atoms with Crippen LogP contribution in [0.15, 0.2) is 200 Å². The molecule has 10 rings (SSSR count). The third-order valence-corrected chi connectivity index (χ3v) is 11.4. The molecule has 0 bridgehead atoms. The molecule has 61 heavy (non-hydrogen) atoms. The lowest BCUT2D eigenvalue weighted by molar-refractivity contribution is -0.598. The van der Waals surface area contributed by atoms with E-state index in [1.54, 1.807) is 35.2 Å². The quantitative estimate of drug-likeness (QED) is 0.108. The normalized spacial score (nSPS) is 14.5. The molecule has 3 aromatic heterocycles. The van der Waals surface area contributed by atoms with E-state index in [9.17, 15) is 0 Å². The number of nitrogens with zero attached hydrogens (tertiary/aromatic N) is 4. The average Bonchev–Trinajstić information content (AvgIpc) is 3.99. The summed E-state index contributed by atoms with van der Waals surface area (Å²) in [6.45, 7) is 8.97. The second-order valence-electron chi connectivity index (χ2n) is 16.1. The van der Waals surface area contributed by atoms with Crippen molar-refractivity contribution >= 4 is 21.8 Å². The van der Waals surface area contributed by atoms with E-state index in [2.05, 4.69) is 87.1 Å². The molecule has 3 heterocycles. The maximum absolute atomic E-state index is 8.88. The topological polar surface area (TPSA) is 35.9 Å². The monoisotopic (exact) mass is 800 g/mol. The zero-order chi connectivity index (χ0) is 50.2. The SMILES string of the molecule is [2H]c1c([2H])c([2H])c(-c2cccc(-c3c([2H])c([2H])c([2H])c([2H])c3[2H])c2-[n+]2[c-]n(-c3cccc(Oc4ccc5c6cc(-c7ccccc7)ccc6n(-c6cc(C(C)C(C)(C)C)ccn6)c5c4)c3)cc2)c([2H])c1[2H]. The fourth-order valence-corrected chi connectivity index (χ4v) is 7.84. The molecule has 0 radical (unpaired) electrons. The lowest BCUT2D eigenvalue weighted by Crippen LogP contribution is -2.30. The van der Waals surface area contributed by atoms with Crippen LogP contribution in [-0.4, -0.2) is 14.1 Å². The van der Waals surface area contributed by atoms with Crippen LogP contribution in [0.25, 0.3) is 72.4 Å². The maximum Gasteiger partial charge on any atom is 0.268 e. The molecule has 1 atom stereocenters. The van der Waals surface area contributed by atoms with Gasteiger partial charge in [-0.1, -0.05) is 149 Å². The van der Waals surface area contributed by atoms with Crippen LogP contribution in [0.2, 0.25) is 0 Å². The van der Waals surface area contributed by atoms with Crippen LogP contribution in [0.4, 0.5) is 0 Å². The largest absolute Gasteiger partial charge is 0.458 e. The van der Waals surface area contributed by atoms with Gasteiger partial charge in [0.25, 0.3) is 6.33 Å². The van der Waals surface area contributed by atoms with E-state index in [1.165, 1.54) is 10.1 Å². The Bertz CT molecular complexity index is 3620. The van der Waals surface area contributed by atoms with Gasteiger partial charge in [-0.05, 0) is 105 Å². The molecule has 0 fully saturated rings. The number of hydrogen-bond acceptors (Lipinski definition) is 2. The maximum atomic E-state index is 8.88. The predicted molar refractivity (Wildman–Crippen MR) is 249 cm³/mol. The van der Waals surface area contributed by atoms with Crippen molar-refractivity contribution in [2.45, 2.75) is 33.6 Å². The predicted octanol–water partition coefficient (Wildman–Crippen LogP) is 14.0. The number of para-hydroxylation sites is 1. The Balaban J connectivity index is 1.08. The second kappa shape index (κ2) is 15.6. The zero-order valence-corrected chi connectivity index (χ0v) is 34.1. The Morgan fingerprint density at radius 2 is 1.34 bits per heavy atom. The Morgan fingerprint density at radius 1 is 0.639 bits per heavy atom. The van der Waals surface area contributed by atoms with Crippen LogP contribution in [0, 0.1) is 11.7 Å². The van der Waals surface area contributed by atoms with Gasteiger partial charge < -0.3 is 4.74 Å². The van der Waals surface area contributed by atoms with Crippen molar-refractivity contribution in [3.8, 4) is 62.1 Å². The van der Waals surface area contributed by atoms with Gasteiger partial charge in [0.15, 0.2) is 0 Å². The van der Waals surface area contributed by atoms with E-state index in [-0.39, 0.29) is 39.3 Å². The fourth-order valence-electron chi connectivity index (χ4n) is 7.84. The van der Waals surface area contributed by atoms with Crippen molar-refractivity contribution in [1.82, 2.24) is 14.1 Å². The van der Waals surface area contributed by atoms with Crippen molar-refractivity contribution in [3.05, 3.63) is 212 Å². The highest BCUT2D eigenvalue weighted by Gasteiger charge is 2.23. The first kappa shape index (κ1) is 28.1. The van der Waals surface area contributed by atoms with Crippen molar-refractivity contribution in [3.63, 3.8) is 0 Å². The minimum absolute atomic E-state index is 0.0357. The van der Waals surface area contributed by atoms with Gasteiger partial charge in [0.2, 0.25) is 0 Å². The van der Waals surface area contributed by atoms with E-state index in [1.807, 2.05) is 60.8 Å². The van der Waals surface area contributed by atoms with E-state index in [4.69, 9.17) is 23.4 Å². The molecule has 0 aliphatic rings. The van der Waals surface area contributed by atoms with Gasteiger partial charge in [0, 0.05) is 35.4 Å². The average molecular weight is 801 g/mol. The van der Waals surface area contributed by atoms with Crippen molar-refractivity contribution < 1.29 is 23.0 Å². The lowest BCUT2D eigenvalue weighted by Gasteiger charge is -2.27. The van der Waals surface area contributed by atoms with E-state index in [0.29, 0.717) is 17.2 Å². The molecule has 296 valence electrons. The molecule has 0 amide bonds. The van der Waals surface area contributed by atoms with E-state index >= 15 is 0 Å². The van der Waals surface area contributed by atoms with Gasteiger partial charge in [-0.3, -0.25) is 13.7 Å². The molecule has 7 aromatic carbocycles. The van der Waals surface area contributed by atoms with Crippen molar-refractivity contribution in [2.75, 3.05) is 0 Å². The highest BCUT2D eigenvalue weighted by atomic mass is 16.5. The summed E-state index contributed by atoms with van der Waals surface area (Å²) in [6, 6.07) is 34.1. The van der Waals surface area contributed by atoms with Crippen LogP contribution in [0.5, 0.6) is 11.5 Å². The highest BCUT2D eigenvalue weighted by Crippen LogP contribution is 2.40. The summed E-state index contributed by atoms with van der Waals surface area (Å²) in [5.74, 6) is 2.16. The lowest BCUT2D eigenvalue weighted by atomic mass is 9.78. The number of aromatic nitrogens is 4. The van der Waals surface area contributed by atoms with Gasteiger partial charge >= 0.3 is 0 Å². The third kappa shape index (κ3) is 7.29. The minimum Gasteiger partial charge on any atom is -0.458 e. The molecule has 5 heteroatoms. The van der Waals surface area contributed by atoms with Crippen LogP contribution in [0.3, 0.4) is 0 Å². The summed E-state index contributed by atoms with van der Waals surface area (Å²) in [4.78, 5) is 4.92. The van der Waals surface area contributed by atoms with Crippen molar-refractivity contribution in [2.24, 2.45) is 5.41 Å². The minimum atomic E-state index is -0.563. The van der Waals surface area contributed by atoms with E-state index < -0.39 is 60.4 Å². The number of hydrogen-bond donors (Lipinski definition) is 0. The molecule has 0 saturated heterocycles. The van der Waals surface area contributed by atoms with Crippen LogP contribution >= 0.6 is 0 Å². The smallest absolute Gasteiger partial charge is 0.268 e. The molecule has 0 spiro atoms. The standard InChI is InChI=1S/C56H46N4O/c1-39(56(2,3)4)43-30-31-57-54(35-43)60-52-29-26-44(40-16-8-5-9-17-40)34-51(52)50-28-27-47(37-53(50)60)61-46-23-14-22-45(36-46)58-32-33-59(38-58)55-48(41-18-10-6-11-19-41)24-15-25-49(55)42-20-12-7-13-21-42/h5-37,39H,1-4H3/i6D,7D,10D,11D,12D,13D,18D,19D,20D,21D. The summed E-state index contributed by atoms with van der Waals surface area (Å²) in [7, 11) is 0. The number of imidazole rings is 1. The zero-order valence-electron chi connectivity index (χ0n) is 44.1. The molecule has 0 aliphatic carbocycles. The third-order valence-electron chi connectivity index (χ3n) is 11.4. The van der Waals surface area contributed by atoms with E-state index in [0.717, 1.165) is 38.8 Å². The summed E-state index contributed by atoms with van der Waals surface area (Å²) < 4.78 is 97.9. The Kier molecular flexibility index (Phi) is 7.17. The summed E-state index contributed by atoms with van der Waals surface area (Å²) in [5.41, 5.74) is 6.25. The number of fused-ring (bicyclic) bond motifs is 3. The molecule has 0 N–H and O–H groups in total. The van der Waals surface area contributed by atoms with Crippen LogP contribution < -0.4 is 9.30 Å². The molecule has 5 nitrogen and oxygen atoms in total. The number of pyridine rings is 1. The Labute approximate surface area is 371 Å². The van der Waals surface area contributed by atoms with Crippen molar-refractivity contribution in [1.29, 1.82) is 0 Å². The first-order valence-electron chi connectivity index (χ1n) is 25.1. The van der Waals surface area contributed by atoms with Gasteiger partial charge in [0.05, 0.1) is 36.1 Å².